The molecule has 12 heavy (non-hydrogen) atoms. The van der Waals surface area contributed by atoms with Gasteiger partial charge in [0.15, 0.2) is 0 Å². The van der Waals surface area contributed by atoms with Gasteiger partial charge >= 0.3 is 7.75 Å². The Labute approximate surface area is 71.8 Å². The normalized spacial score (nSPS) is 29.7. The molecule has 0 aromatic heterocycles. The highest BCUT2D eigenvalue weighted by atomic mass is 31.2. The van der Waals surface area contributed by atoms with Crippen molar-refractivity contribution in [2.24, 2.45) is 0 Å². The zero-order chi connectivity index (χ0) is 8.86. The third kappa shape index (κ3) is 2.91. The van der Waals surface area contributed by atoms with Crippen molar-refractivity contribution in [2.75, 3.05) is 19.8 Å². The predicted octanol–water partition coefficient (Wildman–Crippen LogP) is 1.47. The second-order valence-corrected chi connectivity index (χ2v) is 4.04. The van der Waals surface area contributed by atoms with E-state index >= 15 is 0 Å². The average Bonchev–Trinajstić information content (AvgIpc) is 2.27. The fourth-order valence-corrected chi connectivity index (χ4v) is 1.91. The van der Waals surface area contributed by atoms with Gasteiger partial charge in [-0.05, 0) is 0 Å². The standard InChI is InChI=1S/C7H12NO3P/c1-2-6-10-12(9)8-5-3-4-7-11-12/h2-4H,1,5-7H2,(H,8,9). The Hall–Kier alpha value is -0.410. The minimum Gasteiger partial charge on any atom is -0.293 e. The summed E-state index contributed by atoms with van der Waals surface area (Å²) >= 11 is 0. The van der Waals surface area contributed by atoms with Gasteiger partial charge < -0.3 is 0 Å². The van der Waals surface area contributed by atoms with Crippen molar-refractivity contribution in [2.45, 2.75) is 0 Å². The third-order valence-electron chi connectivity index (χ3n) is 1.27. The van der Waals surface area contributed by atoms with Gasteiger partial charge in [-0.3, -0.25) is 9.05 Å². The minimum atomic E-state index is -3.06. The van der Waals surface area contributed by atoms with Gasteiger partial charge in [0.2, 0.25) is 0 Å². The summed E-state index contributed by atoms with van der Waals surface area (Å²) in [6, 6.07) is 0. The molecule has 4 nitrogen and oxygen atoms in total. The first-order valence-electron chi connectivity index (χ1n) is 3.67. The van der Waals surface area contributed by atoms with Gasteiger partial charge in [-0.15, -0.1) is 6.58 Å². The van der Waals surface area contributed by atoms with Crippen molar-refractivity contribution in [3.63, 3.8) is 0 Å². The molecule has 0 aromatic rings. The van der Waals surface area contributed by atoms with Gasteiger partial charge in [0.05, 0.1) is 13.2 Å². The Kier molecular flexibility index (Phi) is 3.69. The molecule has 5 heteroatoms. The monoisotopic (exact) mass is 189 g/mol. The second kappa shape index (κ2) is 4.58. The maximum atomic E-state index is 11.6. The molecule has 0 aromatic carbocycles. The average molecular weight is 189 g/mol. The largest absolute Gasteiger partial charge is 0.406 e. The molecule has 0 fully saturated rings. The first-order valence-corrected chi connectivity index (χ1v) is 5.21. The Bertz CT molecular complexity index is 213. The molecule has 0 spiro atoms. The zero-order valence-corrected chi connectivity index (χ0v) is 7.63. The summed E-state index contributed by atoms with van der Waals surface area (Å²) in [6.45, 7) is 4.51. The first-order chi connectivity index (χ1) is 5.77. The molecule has 1 aliphatic heterocycles. The van der Waals surface area contributed by atoms with Gasteiger partial charge in [-0.2, -0.15) is 0 Å². The summed E-state index contributed by atoms with van der Waals surface area (Å²) in [5, 5.41) is 2.67. The Balaban J connectivity index is 2.46. The summed E-state index contributed by atoms with van der Waals surface area (Å²) in [5.74, 6) is 0. The number of rotatable bonds is 3. The van der Waals surface area contributed by atoms with E-state index in [1.165, 1.54) is 6.08 Å². The molecule has 68 valence electrons. The fraction of sp³-hybridized carbons (Fsp3) is 0.429. The van der Waals surface area contributed by atoms with Crippen molar-refractivity contribution in [1.29, 1.82) is 0 Å². The van der Waals surface area contributed by atoms with E-state index in [2.05, 4.69) is 11.7 Å². The summed E-state index contributed by atoms with van der Waals surface area (Å²) in [7, 11) is -3.06. The zero-order valence-electron chi connectivity index (χ0n) is 6.73. The van der Waals surface area contributed by atoms with E-state index in [0.29, 0.717) is 13.2 Å². The van der Waals surface area contributed by atoms with Crippen molar-refractivity contribution in [3.8, 4) is 0 Å². The molecular formula is C7H12NO3P. The minimum absolute atomic E-state index is 0.226. The van der Waals surface area contributed by atoms with E-state index < -0.39 is 7.75 Å². The topological polar surface area (TPSA) is 47.6 Å². The van der Waals surface area contributed by atoms with Crippen molar-refractivity contribution in [1.82, 2.24) is 5.09 Å². The van der Waals surface area contributed by atoms with Gasteiger partial charge in [0, 0.05) is 6.54 Å². The lowest BCUT2D eigenvalue weighted by molar-refractivity contribution is 0.230. The fourth-order valence-electron chi connectivity index (χ4n) is 0.736. The number of hydrogen-bond donors (Lipinski definition) is 1. The Morgan fingerprint density at radius 1 is 1.75 bits per heavy atom. The van der Waals surface area contributed by atoms with Crippen LogP contribution in [0, 0.1) is 0 Å². The summed E-state index contributed by atoms with van der Waals surface area (Å²) in [6.07, 6.45) is 5.17. The molecule has 0 bridgehead atoms. The SMILES string of the molecule is C=CCOP1(=O)NCC=CCO1. The summed E-state index contributed by atoms with van der Waals surface area (Å²) in [5.41, 5.74) is 0. The maximum Gasteiger partial charge on any atom is 0.406 e. The van der Waals surface area contributed by atoms with Crippen LogP contribution in [-0.4, -0.2) is 19.8 Å². The van der Waals surface area contributed by atoms with Crippen LogP contribution in [0.2, 0.25) is 0 Å². The highest BCUT2D eigenvalue weighted by Crippen LogP contribution is 2.43. The van der Waals surface area contributed by atoms with Crippen molar-refractivity contribution in [3.05, 3.63) is 24.8 Å². The highest BCUT2D eigenvalue weighted by Gasteiger charge is 2.23. The maximum absolute atomic E-state index is 11.6. The van der Waals surface area contributed by atoms with Crippen LogP contribution in [0.1, 0.15) is 0 Å². The molecule has 1 aliphatic rings. The molecule has 1 atom stereocenters. The van der Waals surface area contributed by atoms with Crippen LogP contribution in [0.4, 0.5) is 0 Å². The lowest BCUT2D eigenvalue weighted by Crippen LogP contribution is -2.12. The van der Waals surface area contributed by atoms with Gasteiger partial charge in [0.1, 0.15) is 0 Å². The van der Waals surface area contributed by atoms with Gasteiger partial charge in [0.25, 0.3) is 0 Å². The molecule has 0 saturated heterocycles. The number of nitrogens with one attached hydrogen (secondary N) is 1. The van der Waals surface area contributed by atoms with Crippen molar-refractivity contribution < 1.29 is 13.6 Å². The Morgan fingerprint density at radius 3 is 3.33 bits per heavy atom. The van der Waals surface area contributed by atoms with E-state index in [4.69, 9.17) is 9.05 Å². The van der Waals surface area contributed by atoms with Crippen LogP contribution in [0.5, 0.6) is 0 Å². The molecule has 1 unspecified atom stereocenters. The first kappa shape index (κ1) is 9.68. The van der Waals surface area contributed by atoms with Crippen LogP contribution in [0.3, 0.4) is 0 Å². The lowest BCUT2D eigenvalue weighted by atomic mass is 10.5. The molecule has 0 amide bonds. The van der Waals surface area contributed by atoms with E-state index in [-0.39, 0.29) is 6.61 Å². The van der Waals surface area contributed by atoms with Crippen LogP contribution >= 0.6 is 7.75 Å². The van der Waals surface area contributed by atoms with Crippen LogP contribution < -0.4 is 5.09 Å². The Morgan fingerprint density at radius 2 is 2.58 bits per heavy atom. The smallest absolute Gasteiger partial charge is 0.293 e. The third-order valence-corrected chi connectivity index (χ3v) is 2.82. The van der Waals surface area contributed by atoms with Gasteiger partial charge in [-0.25, -0.2) is 9.65 Å². The summed E-state index contributed by atoms with van der Waals surface area (Å²) in [4.78, 5) is 0. The van der Waals surface area contributed by atoms with E-state index in [0.717, 1.165) is 0 Å². The molecule has 0 aliphatic carbocycles. The lowest BCUT2D eigenvalue weighted by Gasteiger charge is -2.14. The molecule has 1 N–H and O–H groups in total. The summed E-state index contributed by atoms with van der Waals surface area (Å²) < 4.78 is 21.5. The quantitative estimate of drug-likeness (QED) is 0.539. The van der Waals surface area contributed by atoms with Crippen LogP contribution in [0.15, 0.2) is 24.8 Å². The van der Waals surface area contributed by atoms with E-state index in [1.807, 2.05) is 6.08 Å². The van der Waals surface area contributed by atoms with E-state index in [1.54, 1.807) is 6.08 Å². The highest BCUT2D eigenvalue weighted by molar-refractivity contribution is 7.51. The van der Waals surface area contributed by atoms with Gasteiger partial charge in [-0.1, -0.05) is 18.2 Å². The number of hydrogen-bond acceptors (Lipinski definition) is 3. The molecule has 0 radical (unpaired) electrons. The predicted molar refractivity (Wildman–Crippen MR) is 46.9 cm³/mol. The van der Waals surface area contributed by atoms with Crippen LogP contribution in [-0.2, 0) is 13.6 Å². The molecule has 1 rings (SSSR count). The molecule has 1 heterocycles. The second-order valence-electron chi connectivity index (χ2n) is 2.21. The van der Waals surface area contributed by atoms with E-state index in [9.17, 15) is 4.57 Å². The van der Waals surface area contributed by atoms with Crippen molar-refractivity contribution >= 4 is 7.75 Å². The van der Waals surface area contributed by atoms with Crippen LogP contribution in [0.25, 0.3) is 0 Å². The molecular weight excluding hydrogens is 177 g/mol. The molecule has 0 saturated carbocycles.